The van der Waals surface area contributed by atoms with E-state index in [1.807, 2.05) is 0 Å². The minimum atomic E-state index is -1.13. The van der Waals surface area contributed by atoms with Crippen LogP contribution in [-0.4, -0.2) is 29.5 Å². The zero-order valence-electron chi connectivity index (χ0n) is 5.95. The molecular weight excluding hydrogens is 150 g/mol. The van der Waals surface area contributed by atoms with Crippen LogP contribution in [0.3, 0.4) is 0 Å². The number of carbonyl (C=O) groups excluding carboxylic acids is 1. The van der Waals surface area contributed by atoms with Crippen molar-refractivity contribution in [3.05, 3.63) is 0 Å². The quantitative estimate of drug-likeness (QED) is 0.548. The van der Waals surface area contributed by atoms with E-state index in [0.717, 1.165) is 0 Å². The number of carboxylic acids is 1. The maximum atomic E-state index is 10.7. The molecule has 11 heavy (non-hydrogen) atoms. The molecule has 3 N–H and O–H groups in total. The maximum absolute atomic E-state index is 10.7. The van der Waals surface area contributed by atoms with Gasteiger partial charge in [0.15, 0.2) is 5.78 Å². The standard InChI is InChI=1S/C6H10NO4/c7-4(3-6(10)11)5(9)1-2-8/h4H,1-3,7H2,(H,10,11)/t4-/m0/s1. The smallest absolute Gasteiger partial charge is 0.305 e. The Bertz CT molecular complexity index is 157. The Balaban J connectivity index is 3.73. The Morgan fingerprint density at radius 3 is 2.36 bits per heavy atom. The molecule has 0 heterocycles. The van der Waals surface area contributed by atoms with E-state index in [2.05, 4.69) is 0 Å². The van der Waals surface area contributed by atoms with E-state index in [1.54, 1.807) is 0 Å². The first-order valence-corrected chi connectivity index (χ1v) is 3.16. The van der Waals surface area contributed by atoms with E-state index >= 15 is 0 Å². The highest BCUT2D eigenvalue weighted by atomic mass is 16.4. The minimum Gasteiger partial charge on any atom is -0.481 e. The summed E-state index contributed by atoms with van der Waals surface area (Å²) in [5, 5.41) is 18.1. The molecule has 0 aliphatic heterocycles. The van der Waals surface area contributed by atoms with Gasteiger partial charge in [-0.25, -0.2) is 5.11 Å². The van der Waals surface area contributed by atoms with E-state index in [0.29, 0.717) is 0 Å². The van der Waals surface area contributed by atoms with Crippen LogP contribution in [0.2, 0.25) is 0 Å². The molecule has 0 unspecified atom stereocenters. The van der Waals surface area contributed by atoms with Crippen molar-refractivity contribution in [3.8, 4) is 0 Å². The maximum Gasteiger partial charge on any atom is 0.305 e. The number of carbonyl (C=O) groups is 2. The van der Waals surface area contributed by atoms with Crippen molar-refractivity contribution in [3.63, 3.8) is 0 Å². The average molecular weight is 160 g/mol. The topological polar surface area (TPSA) is 100 Å². The highest BCUT2D eigenvalue weighted by Gasteiger charge is 2.15. The van der Waals surface area contributed by atoms with Crippen LogP contribution in [0.5, 0.6) is 0 Å². The van der Waals surface area contributed by atoms with Gasteiger partial charge in [0.05, 0.1) is 19.1 Å². The average Bonchev–Trinajstić information content (AvgIpc) is 1.86. The highest BCUT2D eigenvalue weighted by Crippen LogP contribution is 1.93. The van der Waals surface area contributed by atoms with Crippen LogP contribution in [0.25, 0.3) is 0 Å². The number of nitrogens with two attached hydrogens (primary N) is 1. The summed E-state index contributed by atoms with van der Waals surface area (Å²) in [7, 11) is 0. The van der Waals surface area contributed by atoms with Crippen LogP contribution in [-0.2, 0) is 14.7 Å². The van der Waals surface area contributed by atoms with Crippen molar-refractivity contribution in [2.75, 3.05) is 6.61 Å². The van der Waals surface area contributed by atoms with Crippen molar-refractivity contribution in [1.82, 2.24) is 0 Å². The first-order valence-electron chi connectivity index (χ1n) is 3.16. The van der Waals surface area contributed by atoms with Crippen molar-refractivity contribution in [1.29, 1.82) is 0 Å². The van der Waals surface area contributed by atoms with Crippen LogP contribution < -0.4 is 5.73 Å². The van der Waals surface area contributed by atoms with E-state index < -0.39 is 30.8 Å². The monoisotopic (exact) mass is 160 g/mol. The molecule has 0 amide bonds. The van der Waals surface area contributed by atoms with E-state index in [9.17, 15) is 14.7 Å². The molecule has 0 saturated heterocycles. The summed E-state index contributed by atoms with van der Waals surface area (Å²) in [6, 6.07) is -1.03. The molecular formula is C6H10NO4. The second kappa shape index (κ2) is 4.81. The molecule has 0 fully saturated rings. The number of carboxylic acid groups (broad SMARTS) is 1. The summed E-state index contributed by atoms with van der Waals surface area (Å²) < 4.78 is 0. The molecule has 1 radical (unpaired) electrons. The molecule has 63 valence electrons. The number of hydrogen-bond acceptors (Lipinski definition) is 3. The number of hydrogen-bond donors (Lipinski definition) is 2. The molecule has 0 spiro atoms. The fraction of sp³-hybridized carbons (Fsp3) is 0.667. The molecule has 0 aliphatic rings. The van der Waals surface area contributed by atoms with Gasteiger partial charge in [-0.2, -0.15) is 0 Å². The van der Waals surface area contributed by atoms with E-state index in [4.69, 9.17) is 10.8 Å². The van der Waals surface area contributed by atoms with Crippen LogP contribution in [0.1, 0.15) is 12.8 Å². The fourth-order valence-corrected chi connectivity index (χ4v) is 0.588. The Kier molecular flexibility index (Phi) is 4.40. The second-order valence-electron chi connectivity index (χ2n) is 2.12. The van der Waals surface area contributed by atoms with Gasteiger partial charge in [0.1, 0.15) is 0 Å². The zero-order valence-corrected chi connectivity index (χ0v) is 5.95. The molecule has 0 aromatic rings. The van der Waals surface area contributed by atoms with Gasteiger partial charge in [0.2, 0.25) is 0 Å². The lowest BCUT2D eigenvalue weighted by atomic mass is 10.1. The molecule has 5 heteroatoms. The number of ketones is 1. The second-order valence-corrected chi connectivity index (χ2v) is 2.12. The van der Waals surface area contributed by atoms with E-state index in [1.165, 1.54) is 0 Å². The summed E-state index contributed by atoms with van der Waals surface area (Å²) in [4.78, 5) is 20.7. The summed E-state index contributed by atoms with van der Waals surface area (Å²) in [5.41, 5.74) is 5.13. The fourth-order valence-electron chi connectivity index (χ4n) is 0.588. The van der Waals surface area contributed by atoms with E-state index in [-0.39, 0.29) is 6.42 Å². The number of rotatable bonds is 5. The lowest BCUT2D eigenvalue weighted by molar-refractivity contribution is -0.139. The van der Waals surface area contributed by atoms with Crippen molar-refractivity contribution < 1.29 is 19.8 Å². The summed E-state index contributed by atoms with van der Waals surface area (Å²) >= 11 is 0. The predicted molar refractivity (Wildman–Crippen MR) is 35.4 cm³/mol. The predicted octanol–water partition coefficient (Wildman–Crippen LogP) is -0.822. The van der Waals surface area contributed by atoms with Gasteiger partial charge in [-0.15, -0.1) is 0 Å². The summed E-state index contributed by atoms with van der Waals surface area (Å²) in [6.45, 7) is -0.536. The lowest BCUT2D eigenvalue weighted by Gasteiger charge is -2.04. The van der Waals surface area contributed by atoms with Crippen molar-refractivity contribution >= 4 is 11.8 Å². The molecule has 0 aliphatic carbocycles. The van der Waals surface area contributed by atoms with Crippen molar-refractivity contribution in [2.24, 2.45) is 5.73 Å². The third kappa shape index (κ3) is 4.46. The minimum absolute atomic E-state index is 0.186. The first kappa shape index (κ1) is 10.1. The van der Waals surface area contributed by atoms with Gasteiger partial charge in [-0.05, 0) is 0 Å². The Hall–Kier alpha value is -0.940. The highest BCUT2D eigenvalue weighted by molar-refractivity contribution is 5.87. The molecule has 5 nitrogen and oxygen atoms in total. The van der Waals surface area contributed by atoms with Crippen LogP contribution in [0.4, 0.5) is 0 Å². The first-order chi connectivity index (χ1) is 5.07. The van der Waals surface area contributed by atoms with Gasteiger partial charge in [-0.1, -0.05) is 0 Å². The van der Waals surface area contributed by atoms with Gasteiger partial charge in [0.25, 0.3) is 0 Å². The molecule has 0 saturated carbocycles. The molecule has 0 aromatic carbocycles. The molecule has 0 bridgehead atoms. The zero-order chi connectivity index (χ0) is 8.85. The normalized spacial score (nSPS) is 12.5. The third-order valence-electron chi connectivity index (χ3n) is 1.16. The van der Waals surface area contributed by atoms with Crippen molar-refractivity contribution in [2.45, 2.75) is 18.9 Å². The molecule has 1 atom stereocenters. The third-order valence-corrected chi connectivity index (χ3v) is 1.16. The SMILES string of the molecule is N[C@@H](CC(=O)O)C(=O)CC[O]. The molecule has 0 rings (SSSR count). The Morgan fingerprint density at radius 2 is 2.00 bits per heavy atom. The Morgan fingerprint density at radius 1 is 1.45 bits per heavy atom. The lowest BCUT2D eigenvalue weighted by Crippen LogP contribution is -2.33. The Labute approximate surface area is 63.8 Å². The summed E-state index contributed by atoms with van der Waals surface area (Å²) in [6.07, 6.45) is -0.590. The number of aliphatic carboxylic acids is 1. The van der Waals surface area contributed by atoms with Gasteiger partial charge in [-0.3, -0.25) is 9.59 Å². The van der Waals surface area contributed by atoms with Crippen LogP contribution in [0, 0.1) is 0 Å². The number of Topliss-reactive ketones (excluding diaryl/α,β-unsaturated/α-hetero) is 1. The van der Waals surface area contributed by atoms with Crippen LogP contribution >= 0.6 is 0 Å². The van der Waals surface area contributed by atoms with Gasteiger partial charge in [0, 0.05) is 6.42 Å². The largest absolute Gasteiger partial charge is 0.481 e. The summed E-state index contributed by atoms with van der Waals surface area (Å²) in [5.74, 6) is -1.61. The van der Waals surface area contributed by atoms with Gasteiger partial charge >= 0.3 is 5.97 Å². The van der Waals surface area contributed by atoms with Gasteiger partial charge < -0.3 is 10.8 Å². The van der Waals surface area contributed by atoms with Crippen LogP contribution in [0.15, 0.2) is 0 Å². The molecule has 0 aromatic heterocycles.